The average Bonchev–Trinajstić information content (AvgIpc) is 2.93. The Hall–Kier alpha value is -1.36. The number of benzene rings is 1. The summed E-state index contributed by atoms with van der Waals surface area (Å²) in [5.74, 6) is 0.702. The summed E-state index contributed by atoms with van der Waals surface area (Å²) in [6.07, 6.45) is -0.537. The molecule has 2 unspecified atom stereocenters. The number of piperazine rings is 3. The number of furan rings is 1. The van der Waals surface area contributed by atoms with Crippen LogP contribution in [0.2, 0.25) is 0 Å². The molecule has 1 aromatic heterocycles. The van der Waals surface area contributed by atoms with Gasteiger partial charge < -0.3 is 9.52 Å². The van der Waals surface area contributed by atoms with Crippen LogP contribution < -0.4 is 0 Å². The first-order valence-electron chi connectivity index (χ1n) is 7.36. The van der Waals surface area contributed by atoms with Gasteiger partial charge in [-0.05, 0) is 18.6 Å². The van der Waals surface area contributed by atoms with Gasteiger partial charge in [-0.2, -0.15) is 0 Å². The van der Waals surface area contributed by atoms with Crippen LogP contribution in [0.1, 0.15) is 17.4 Å². The topological polar surface area (TPSA) is 39.9 Å². The van der Waals surface area contributed by atoms with E-state index in [9.17, 15) is 5.11 Å². The Morgan fingerprint density at radius 1 is 1.25 bits per heavy atom. The van der Waals surface area contributed by atoms with Crippen LogP contribution in [0, 0.1) is 6.92 Å². The van der Waals surface area contributed by atoms with Crippen LogP contribution in [0.3, 0.4) is 0 Å². The first-order chi connectivity index (χ1) is 9.72. The minimum Gasteiger partial charge on any atom is -0.458 e. The molecule has 5 rings (SSSR count). The number of fused-ring (bicyclic) bond motifs is 4. The van der Waals surface area contributed by atoms with Crippen molar-refractivity contribution in [1.29, 1.82) is 0 Å². The molecule has 3 saturated heterocycles. The van der Waals surface area contributed by atoms with E-state index in [1.165, 1.54) is 0 Å². The van der Waals surface area contributed by atoms with E-state index in [0.717, 1.165) is 49.3 Å². The predicted molar refractivity (Wildman–Crippen MR) is 77.7 cm³/mol. The lowest BCUT2D eigenvalue weighted by Crippen LogP contribution is -2.62. The molecule has 4 heteroatoms. The summed E-state index contributed by atoms with van der Waals surface area (Å²) >= 11 is 0. The number of para-hydroxylation sites is 1. The van der Waals surface area contributed by atoms with Crippen molar-refractivity contribution in [2.75, 3.05) is 32.7 Å². The average molecular weight is 272 g/mol. The molecule has 4 heterocycles. The Labute approximate surface area is 118 Å². The molecule has 2 aromatic rings. The van der Waals surface area contributed by atoms with Gasteiger partial charge in [-0.3, -0.25) is 9.80 Å². The molecule has 2 bridgehead atoms. The summed E-state index contributed by atoms with van der Waals surface area (Å²) in [5.41, 5.74) is 2.02. The fraction of sp³-hybridized carbons (Fsp3) is 0.500. The highest BCUT2D eigenvalue weighted by Crippen LogP contribution is 2.31. The van der Waals surface area contributed by atoms with Gasteiger partial charge in [-0.25, -0.2) is 0 Å². The van der Waals surface area contributed by atoms with Crippen LogP contribution >= 0.6 is 0 Å². The van der Waals surface area contributed by atoms with E-state index >= 15 is 0 Å². The summed E-state index contributed by atoms with van der Waals surface area (Å²) < 4.78 is 5.93. The van der Waals surface area contributed by atoms with Gasteiger partial charge in [0.1, 0.15) is 17.4 Å². The van der Waals surface area contributed by atoms with Crippen molar-refractivity contribution in [2.45, 2.75) is 19.1 Å². The molecule has 4 nitrogen and oxygen atoms in total. The molecule has 0 saturated carbocycles. The van der Waals surface area contributed by atoms with Crippen LogP contribution in [-0.4, -0.2) is 53.7 Å². The number of hydrogen-bond acceptors (Lipinski definition) is 4. The van der Waals surface area contributed by atoms with E-state index in [4.69, 9.17) is 4.42 Å². The van der Waals surface area contributed by atoms with E-state index in [1.54, 1.807) is 0 Å². The fourth-order valence-electron chi connectivity index (χ4n) is 3.52. The zero-order valence-corrected chi connectivity index (χ0v) is 11.7. The van der Waals surface area contributed by atoms with Gasteiger partial charge in [0.15, 0.2) is 0 Å². The van der Waals surface area contributed by atoms with Crippen molar-refractivity contribution in [3.05, 3.63) is 35.6 Å². The molecule has 2 atom stereocenters. The second-order valence-electron chi connectivity index (χ2n) is 5.99. The van der Waals surface area contributed by atoms with Crippen molar-refractivity contribution in [1.82, 2.24) is 9.80 Å². The minimum absolute atomic E-state index is 0.165. The molecular weight excluding hydrogens is 252 g/mol. The van der Waals surface area contributed by atoms with Crippen LogP contribution in [0.5, 0.6) is 0 Å². The number of aliphatic hydroxyl groups excluding tert-OH is 1. The third kappa shape index (κ3) is 1.87. The Morgan fingerprint density at radius 2 is 2.05 bits per heavy atom. The molecule has 20 heavy (non-hydrogen) atoms. The van der Waals surface area contributed by atoms with Gasteiger partial charge in [-0.1, -0.05) is 18.2 Å². The van der Waals surface area contributed by atoms with Crippen molar-refractivity contribution in [3.8, 4) is 0 Å². The molecule has 3 fully saturated rings. The van der Waals surface area contributed by atoms with E-state index in [1.807, 2.05) is 31.2 Å². The first-order valence-corrected chi connectivity index (χ1v) is 7.36. The molecular formula is C16H20N2O2. The largest absolute Gasteiger partial charge is 0.458 e. The predicted octanol–water partition coefficient (Wildman–Crippen LogP) is 1.77. The molecule has 0 radical (unpaired) electrons. The summed E-state index contributed by atoms with van der Waals surface area (Å²) in [6.45, 7) is 7.35. The quantitative estimate of drug-likeness (QED) is 0.904. The summed E-state index contributed by atoms with van der Waals surface area (Å²) in [5, 5.41) is 11.8. The van der Waals surface area contributed by atoms with Crippen LogP contribution in [0.15, 0.2) is 28.7 Å². The van der Waals surface area contributed by atoms with E-state index < -0.39 is 6.10 Å². The van der Waals surface area contributed by atoms with Gasteiger partial charge in [0, 0.05) is 38.1 Å². The standard InChI is InChI=1S/C16H20N2O2/c1-11-3-2-4-12-9-14(20-16(11)12)15(19)13-10-17-5-7-18(13)8-6-17/h2-4,9,13,15,19H,5-8,10H2,1H3. The van der Waals surface area contributed by atoms with Gasteiger partial charge in [0.2, 0.25) is 0 Å². The highest BCUT2D eigenvalue weighted by molar-refractivity contribution is 5.80. The van der Waals surface area contributed by atoms with E-state index in [-0.39, 0.29) is 6.04 Å². The van der Waals surface area contributed by atoms with Crippen molar-refractivity contribution < 1.29 is 9.52 Å². The molecule has 0 spiro atoms. The van der Waals surface area contributed by atoms with Crippen molar-refractivity contribution in [3.63, 3.8) is 0 Å². The maximum atomic E-state index is 10.7. The Morgan fingerprint density at radius 3 is 2.70 bits per heavy atom. The molecule has 106 valence electrons. The third-order valence-electron chi connectivity index (χ3n) is 4.74. The molecule has 3 aliphatic heterocycles. The Balaban J connectivity index is 1.66. The summed E-state index contributed by atoms with van der Waals surface area (Å²) in [7, 11) is 0. The fourth-order valence-corrected chi connectivity index (χ4v) is 3.52. The lowest BCUT2D eigenvalue weighted by Gasteiger charge is -2.48. The smallest absolute Gasteiger partial charge is 0.137 e. The second kappa shape index (κ2) is 4.58. The monoisotopic (exact) mass is 272 g/mol. The van der Waals surface area contributed by atoms with Crippen molar-refractivity contribution >= 4 is 11.0 Å². The zero-order chi connectivity index (χ0) is 13.7. The van der Waals surface area contributed by atoms with E-state index in [0.29, 0.717) is 5.76 Å². The highest BCUT2D eigenvalue weighted by atomic mass is 16.4. The Kier molecular flexibility index (Phi) is 2.84. The minimum atomic E-state index is -0.537. The van der Waals surface area contributed by atoms with Crippen LogP contribution in [0.4, 0.5) is 0 Å². The Bertz CT molecular complexity index is 628. The number of hydrogen-bond donors (Lipinski definition) is 1. The van der Waals surface area contributed by atoms with Crippen molar-refractivity contribution in [2.24, 2.45) is 0 Å². The van der Waals surface area contributed by atoms with E-state index in [2.05, 4.69) is 9.80 Å². The number of aryl methyl sites for hydroxylation is 1. The lowest BCUT2D eigenvalue weighted by molar-refractivity contribution is -0.0528. The molecule has 0 aliphatic carbocycles. The normalized spacial score (nSPS) is 30.8. The molecule has 1 N–H and O–H groups in total. The molecule has 3 aliphatic rings. The first kappa shape index (κ1) is 12.4. The van der Waals surface area contributed by atoms with Gasteiger partial charge in [0.25, 0.3) is 0 Å². The van der Waals surface area contributed by atoms with Crippen LogP contribution in [0.25, 0.3) is 11.0 Å². The van der Waals surface area contributed by atoms with Gasteiger partial charge in [-0.15, -0.1) is 0 Å². The third-order valence-corrected chi connectivity index (χ3v) is 4.74. The maximum Gasteiger partial charge on any atom is 0.137 e. The summed E-state index contributed by atoms with van der Waals surface area (Å²) in [6, 6.07) is 8.27. The maximum absolute atomic E-state index is 10.7. The molecule has 1 aromatic carbocycles. The molecule has 0 amide bonds. The number of rotatable bonds is 2. The lowest BCUT2D eigenvalue weighted by atomic mass is 10.0. The number of nitrogens with zero attached hydrogens (tertiary/aromatic N) is 2. The summed E-state index contributed by atoms with van der Waals surface area (Å²) in [4.78, 5) is 4.83. The van der Waals surface area contributed by atoms with Crippen LogP contribution in [-0.2, 0) is 0 Å². The SMILES string of the molecule is Cc1cccc2cc(C(O)C3CN4CCN3CC4)oc12. The number of aliphatic hydroxyl groups is 1. The highest BCUT2D eigenvalue weighted by Gasteiger charge is 2.37. The van der Waals surface area contributed by atoms with Gasteiger partial charge in [0.05, 0.1) is 6.04 Å². The zero-order valence-electron chi connectivity index (χ0n) is 11.7. The second-order valence-corrected chi connectivity index (χ2v) is 5.99. The van der Waals surface area contributed by atoms with Gasteiger partial charge >= 0.3 is 0 Å².